The average Bonchev–Trinajstić information content (AvgIpc) is 3.42. The van der Waals surface area contributed by atoms with Crippen LogP contribution in [0.5, 0.6) is 5.75 Å². The van der Waals surface area contributed by atoms with E-state index in [-0.39, 0.29) is 24.0 Å². The number of sulfonamides is 1. The van der Waals surface area contributed by atoms with E-state index >= 15 is 0 Å². The van der Waals surface area contributed by atoms with Crippen LogP contribution in [0.15, 0.2) is 47.4 Å². The van der Waals surface area contributed by atoms with Gasteiger partial charge in [0.05, 0.1) is 30.3 Å². The zero-order valence-corrected chi connectivity index (χ0v) is 27.6. The molecule has 8 nitrogen and oxygen atoms in total. The van der Waals surface area contributed by atoms with Gasteiger partial charge in [0, 0.05) is 29.4 Å². The molecule has 3 aromatic rings. The Bertz CT molecular complexity index is 1590. The Morgan fingerprint density at radius 2 is 1.73 bits per heavy atom. The highest BCUT2D eigenvalue weighted by Crippen LogP contribution is 2.38. The number of rotatable bonds is 9. The summed E-state index contributed by atoms with van der Waals surface area (Å²) in [4.78, 5) is 20.8. The highest BCUT2D eigenvalue weighted by Gasteiger charge is 2.38. The summed E-state index contributed by atoms with van der Waals surface area (Å²) >= 11 is 1.90. The van der Waals surface area contributed by atoms with E-state index < -0.39 is 16.1 Å². The molecule has 0 bridgehead atoms. The van der Waals surface area contributed by atoms with Gasteiger partial charge in [-0.15, -0.1) is 11.3 Å². The zero-order valence-electron chi connectivity index (χ0n) is 26.0. The van der Waals surface area contributed by atoms with Gasteiger partial charge in [-0.25, -0.2) is 8.42 Å². The summed E-state index contributed by atoms with van der Waals surface area (Å²) in [5.41, 5.74) is 4.20. The number of likely N-dealkylation sites (tertiary alicyclic amines) is 1. The number of fused-ring (bicyclic) bond motifs is 2. The molecule has 3 aliphatic heterocycles. The maximum Gasteiger partial charge on any atom is 0.265 e. The van der Waals surface area contributed by atoms with Gasteiger partial charge in [0.15, 0.2) is 0 Å². The highest BCUT2D eigenvalue weighted by atomic mass is 32.2. The second kappa shape index (κ2) is 13.2. The molecule has 6 rings (SSSR count). The molecule has 44 heavy (non-hydrogen) atoms. The average molecular weight is 638 g/mol. The van der Waals surface area contributed by atoms with Crippen LogP contribution < -0.4 is 9.04 Å². The van der Waals surface area contributed by atoms with Gasteiger partial charge in [0.2, 0.25) is 5.91 Å². The summed E-state index contributed by atoms with van der Waals surface area (Å²) in [5, 5.41) is 0. The third-order valence-corrected chi connectivity index (χ3v) is 12.5. The summed E-state index contributed by atoms with van der Waals surface area (Å²) < 4.78 is 41.6. The third-order valence-electron chi connectivity index (χ3n) is 9.13. The van der Waals surface area contributed by atoms with Gasteiger partial charge < -0.3 is 14.4 Å². The lowest BCUT2D eigenvalue weighted by Gasteiger charge is -2.38. The fourth-order valence-electron chi connectivity index (χ4n) is 6.98. The van der Waals surface area contributed by atoms with Crippen LogP contribution in [-0.4, -0.2) is 70.1 Å². The van der Waals surface area contributed by atoms with Gasteiger partial charge >= 0.3 is 0 Å². The molecule has 0 radical (unpaired) electrons. The molecule has 1 fully saturated rings. The number of nitrogens with zero attached hydrogens (tertiary/aromatic N) is 3. The predicted octanol–water partition coefficient (Wildman–Crippen LogP) is 5.47. The van der Waals surface area contributed by atoms with Crippen LogP contribution in [0, 0.1) is 13.8 Å². The van der Waals surface area contributed by atoms with E-state index in [2.05, 4.69) is 11.0 Å². The Hall–Kier alpha value is -2.92. The van der Waals surface area contributed by atoms with E-state index in [9.17, 15) is 13.2 Å². The minimum absolute atomic E-state index is 0.0492. The number of ether oxygens (including phenoxy) is 2. The molecule has 1 saturated heterocycles. The molecule has 0 N–H and O–H groups in total. The first-order chi connectivity index (χ1) is 21.2. The lowest BCUT2D eigenvalue weighted by molar-refractivity contribution is -0.137. The Morgan fingerprint density at radius 3 is 2.48 bits per heavy atom. The predicted molar refractivity (Wildman–Crippen MR) is 174 cm³/mol. The van der Waals surface area contributed by atoms with Crippen LogP contribution >= 0.6 is 11.3 Å². The van der Waals surface area contributed by atoms with Gasteiger partial charge in [-0.2, -0.15) is 0 Å². The van der Waals surface area contributed by atoms with E-state index in [4.69, 9.17) is 9.47 Å². The standard InChI is InChI=1S/C34H43N3O5S2/c1-24-17-29(41-3)18-25(2)34(24)44(39,40)37-28(12-11-26-9-5-6-10-31(26)37)22-42-23-33(38)36-16-13-32-27(20-36)19-30(43-32)21-35-14-7-4-8-15-35/h5-6,9-10,17-19,28H,4,7-8,11-16,20-23H2,1-3H3/t28-/m0/s1. The molecule has 0 aliphatic carbocycles. The van der Waals surface area contributed by atoms with Gasteiger partial charge in [-0.3, -0.25) is 14.0 Å². The number of benzene rings is 2. The number of carbonyl (C=O) groups is 1. The first kappa shape index (κ1) is 31.1. The summed E-state index contributed by atoms with van der Waals surface area (Å²) in [6, 6.07) is 13.0. The molecule has 10 heteroatoms. The molecular formula is C34H43N3O5S2. The number of para-hydroxylation sites is 1. The van der Waals surface area contributed by atoms with Crippen LogP contribution in [0.2, 0.25) is 0 Å². The minimum atomic E-state index is -3.92. The minimum Gasteiger partial charge on any atom is -0.497 e. The number of carbonyl (C=O) groups excluding carboxylic acids is 1. The van der Waals surface area contributed by atoms with Crippen molar-refractivity contribution in [1.82, 2.24) is 9.80 Å². The van der Waals surface area contributed by atoms with Crippen molar-refractivity contribution in [2.45, 2.75) is 76.4 Å². The molecule has 1 aromatic heterocycles. The van der Waals surface area contributed by atoms with Gasteiger partial charge in [0.25, 0.3) is 10.0 Å². The summed E-state index contributed by atoms with van der Waals surface area (Å²) in [7, 11) is -2.35. The van der Waals surface area contributed by atoms with Crippen LogP contribution in [-0.2, 0) is 45.5 Å². The van der Waals surface area contributed by atoms with Crippen molar-refractivity contribution >= 4 is 33.0 Å². The molecule has 3 aliphatic rings. The second-order valence-electron chi connectivity index (χ2n) is 12.3. The van der Waals surface area contributed by atoms with Gasteiger partial charge in [0.1, 0.15) is 12.4 Å². The molecule has 0 unspecified atom stereocenters. The number of hydrogen-bond acceptors (Lipinski definition) is 7. The lowest BCUT2D eigenvalue weighted by atomic mass is 9.98. The highest BCUT2D eigenvalue weighted by molar-refractivity contribution is 7.93. The molecule has 2 aromatic carbocycles. The van der Waals surface area contributed by atoms with Crippen molar-refractivity contribution in [3.05, 3.63) is 74.5 Å². The molecule has 4 heterocycles. The SMILES string of the molecule is COc1cc(C)c(S(=O)(=O)N2c3ccccc3CC[C@H]2COCC(=O)N2CCc3sc(CN4CCCCC4)cc3C2)c(C)c1. The van der Waals surface area contributed by atoms with Crippen molar-refractivity contribution in [2.24, 2.45) is 0 Å². The van der Waals surface area contributed by atoms with Crippen molar-refractivity contribution < 1.29 is 22.7 Å². The summed E-state index contributed by atoms with van der Waals surface area (Å²) in [6.07, 6.45) is 6.13. The van der Waals surface area contributed by atoms with E-state index in [1.165, 1.54) is 52.0 Å². The number of amides is 1. The van der Waals surface area contributed by atoms with Crippen molar-refractivity contribution in [3.8, 4) is 5.75 Å². The van der Waals surface area contributed by atoms with Gasteiger partial charge in [-0.1, -0.05) is 24.6 Å². The first-order valence-electron chi connectivity index (χ1n) is 15.7. The topological polar surface area (TPSA) is 79.4 Å². The second-order valence-corrected chi connectivity index (χ2v) is 15.3. The van der Waals surface area contributed by atoms with Crippen LogP contribution in [0.3, 0.4) is 0 Å². The van der Waals surface area contributed by atoms with E-state index in [0.717, 1.165) is 24.9 Å². The van der Waals surface area contributed by atoms with E-state index in [1.807, 2.05) is 40.5 Å². The molecule has 1 atom stereocenters. The normalized spacial score (nSPS) is 19.0. The van der Waals surface area contributed by atoms with Crippen molar-refractivity contribution in [3.63, 3.8) is 0 Å². The quantitative estimate of drug-likeness (QED) is 0.310. The number of methoxy groups -OCH3 is 1. The summed E-state index contributed by atoms with van der Waals surface area (Å²) in [5.74, 6) is 0.578. The first-order valence-corrected chi connectivity index (χ1v) is 18.0. The fourth-order valence-corrected chi connectivity index (χ4v) is 10.3. The Morgan fingerprint density at radius 1 is 0.977 bits per heavy atom. The number of anilines is 1. The Kier molecular flexibility index (Phi) is 9.33. The fraction of sp³-hybridized carbons (Fsp3) is 0.500. The molecule has 236 valence electrons. The lowest BCUT2D eigenvalue weighted by Crippen LogP contribution is -2.47. The van der Waals surface area contributed by atoms with Crippen molar-refractivity contribution in [2.75, 3.05) is 44.3 Å². The zero-order chi connectivity index (χ0) is 30.8. The third kappa shape index (κ3) is 6.40. The Balaban J connectivity index is 1.13. The molecule has 0 saturated carbocycles. The number of hydrogen-bond donors (Lipinski definition) is 0. The Labute approximate surface area is 265 Å². The smallest absolute Gasteiger partial charge is 0.265 e. The molecular weight excluding hydrogens is 595 g/mol. The largest absolute Gasteiger partial charge is 0.497 e. The maximum absolute atomic E-state index is 14.3. The van der Waals surface area contributed by atoms with Crippen LogP contribution in [0.4, 0.5) is 5.69 Å². The number of piperidine rings is 1. The molecule has 0 spiro atoms. The van der Waals surface area contributed by atoms with Gasteiger partial charge in [-0.05, 0) is 106 Å². The number of thiophene rings is 1. The van der Waals surface area contributed by atoms with Crippen molar-refractivity contribution in [1.29, 1.82) is 0 Å². The van der Waals surface area contributed by atoms with E-state index in [0.29, 0.717) is 42.1 Å². The monoisotopic (exact) mass is 637 g/mol. The van der Waals surface area contributed by atoms with Crippen LogP contribution in [0.1, 0.15) is 57.7 Å². The maximum atomic E-state index is 14.3. The molecule has 1 amide bonds. The van der Waals surface area contributed by atoms with Crippen LogP contribution in [0.25, 0.3) is 0 Å². The number of aryl methyl sites for hydroxylation is 3. The van der Waals surface area contributed by atoms with E-state index in [1.54, 1.807) is 33.1 Å². The summed E-state index contributed by atoms with van der Waals surface area (Å²) in [6.45, 7) is 8.34.